The third-order valence-corrected chi connectivity index (χ3v) is 15.0. The Morgan fingerprint density at radius 1 is 1.07 bits per heavy atom. The summed E-state index contributed by atoms with van der Waals surface area (Å²) in [5.74, 6) is -2.92. The van der Waals surface area contributed by atoms with Crippen LogP contribution in [0.25, 0.3) is 16.4 Å². The lowest BCUT2D eigenvalue weighted by Gasteiger charge is -2.42. The molecule has 2 aromatic rings. The first-order valence-corrected chi connectivity index (χ1v) is 17.0. The number of Topliss-reactive ketones (excluding diaryl/α,β-unsaturated/α-hetero) is 1. The summed E-state index contributed by atoms with van der Waals surface area (Å²) in [6, 6.07) is 9.82. The number of hydrogen-bond donors (Lipinski definition) is 1. The van der Waals surface area contributed by atoms with E-state index in [1.165, 1.54) is 0 Å². The summed E-state index contributed by atoms with van der Waals surface area (Å²) in [6.45, 7) is 15.2. The summed E-state index contributed by atoms with van der Waals surface area (Å²) in [7, 11) is -2.15. The fourth-order valence-corrected chi connectivity index (χ4v) is 12.3. The van der Waals surface area contributed by atoms with Gasteiger partial charge in [0.2, 0.25) is 17.6 Å². The summed E-state index contributed by atoms with van der Waals surface area (Å²) >= 11 is 0. The van der Waals surface area contributed by atoms with Crippen LogP contribution in [0.15, 0.2) is 36.5 Å². The molecule has 0 spiro atoms. The maximum Gasteiger partial charge on any atom is 0.421 e. The normalized spacial score (nSPS) is 17.7. The summed E-state index contributed by atoms with van der Waals surface area (Å²) in [4.78, 5) is 56.7. The number of ketones is 1. The minimum Gasteiger partial charge on any atom is -0.414 e. The van der Waals surface area contributed by atoms with Gasteiger partial charge in [0.05, 0.1) is 6.61 Å². The lowest BCUT2D eigenvalue weighted by atomic mass is 9.75. The number of nitrogens with zero attached hydrogens (tertiary/aromatic N) is 4. The molecule has 1 saturated heterocycles. The number of piperidine rings is 1. The number of hydrogen-bond acceptors (Lipinski definition) is 5. The molecule has 0 radical (unpaired) electrons. The third kappa shape index (κ3) is 6.33. The van der Waals surface area contributed by atoms with Crippen molar-refractivity contribution in [2.45, 2.75) is 90.9 Å². The van der Waals surface area contributed by atoms with E-state index in [0.29, 0.717) is 36.2 Å². The van der Waals surface area contributed by atoms with E-state index in [1.54, 1.807) is 0 Å². The Balaban J connectivity index is 1.88. The minimum atomic E-state index is -2.15. The lowest BCUT2D eigenvalue weighted by molar-refractivity contribution is -0.160. The first-order chi connectivity index (χ1) is 19.8. The number of aryl methyl sites for hydroxylation is 1. The van der Waals surface area contributed by atoms with E-state index in [-0.39, 0.29) is 25.9 Å². The zero-order chi connectivity index (χ0) is 31.2. The minimum absolute atomic E-state index is 0.0276. The standard InChI is InChI=1S/C31H45N5O5Si/c1-21(2)42(22(3)4,23(5)6)41-20-16-33-29(39)31(15-19-35-18-13-25-11-8-9-12-26(25)35)14-10-17-36(30(31)40)28(38)27(34-32)24(7)37/h8-9,11-13,18,21-23H,10,14-17,19-20H2,1-7H3,(H,33,39)/t31-/m0/s1. The third-order valence-electron chi connectivity index (χ3n) is 8.86. The topological polar surface area (TPSA) is 134 Å². The van der Waals surface area contributed by atoms with E-state index in [1.807, 2.05) is 41.1 Å². The zero-order valence-electron chi connectivity index (χ0n) is 26.0. The van der Waals surface area contributed by atoms with Gasteiger partial charge in [0.25, 0.3) is 0 Å². The van der Waals surface area contributed by atoms with E-state index in [4.69, 9.17) is 4.43 Å². The second-order valence-corrected chi connectivity index (χ2v) is 17.7. The number of fused-ring (bicyclic) bond motifs is 1. The van der Waals surface area contributed by atoms with Crippen LogP contribution in [0.3, 0.4) is 0 Å². The van der Waals surface area contributed by atoms with Crippen molar-refractivity contribution in [3.63, 3.8) is 0 Å². The molecule has 228 valence electrons. The number of para-hydroxylation sites is 1. The van der Waals surface area contributed by atoms with Crippen LogP contribution in [0.2, 0.25) is 16.6 Å². The Hall–Kier alpha value is -3.40. The SMILES string of the molecule is CC(=O)C(=[N+]=[N-])C(=O)N1CCC[C@](CCn2ccc3ccccc32)(C(=O)NCCO[Si](C(C)C)(C(C)C)C(C)C)C1=O. The van der Waals surface area contributed by atoms with Gasteiger partial charge in [0.15, 0.2) is 8.32 Å². The second kappa shape index (κ2) is 13.7. The largest absolute Gasteiger partial charge is 0.421 e. The molecule has 0 saturated carbocycles. The van der Waals surface area contributed by atoms with Crippen LogP contribution in [-0.2, 0) is 30.1 Å². The number of imide groups is 1. The molecule has 3 amide bonds. The van der Waals surface area contributed by atoms with Crippen LogP contribution < -0.4 is 5.32 Å². The molecular weight excluding hydrogens is 550 g/mol. The summed E-state index contributed by atoms with van der Waals surface area (Å²) < 4.78 is 8.59. The predicted molar refractivity (Wildman–Crippen MR) is 164 cm³/mol. The second-order valence-electron chi connectivity index (χ2n) is 12.2. The highest BCUT2D eigenvalue weighted by molar-refractivity contribution is 6.77. The molecule has 1 aromatic carbocycles. The van der Waals surface area contributed by atoms with Crippen molar-refractivity contribution < 1.29 is 28.4 Å². The molecule has 1 fully saturated rings. The highest BCUT2D eigenvalue weighted by atomic mass is 28.4. The number of carbonyl (C=O) groups excluding carboxylic acids is 4. The highest BCUT2D eigenvalue weighted by Gasteiger charge is 2.53. The number of aromatic nitrogens is 1. The molecule has 0 unspecified atom stereocenters. The van der Waals surface area contributed by atoms with Gasteiger partial charge in [-0.05, 0) is 53.4 Å². The van der Waals surface area contributed by atoms with Gasteiger partial charge >= 0.3 is 11.6 Å². The molecule has 1 aromatic heterocycles. The number of nitrogens with one attached hydrogen (secondary N) is 1. The fraction of sp³-hybridized carbons (Fsp3) is 0.581. The molecule has 3 rings (SSSR count). The number of rotatable bonds is 13. The van der Waals surface area contributed by atoms with Crippen molar-refractivity contribution in [2.24, 2.45) is 5.41 Å². The molecule has 42 heavy (non-hydrogen) atoms. The molecule has 11 heteroatoms. The quantitative estimate of drug-likeness (QED) is 0.0892. The van der Waals surface area contributed by atoms with Crippen LogP contribution in [-0.4, -0.2) is 71.5 Å². The van der Waals surface area contributed by atoms with Crippen molar-refractivity contribution in [3.8, 4) is 0 Å². The van der Waals surface area contributed by atoms with Gasteiger partial charge in [-0.15, -0.1) is 0 Å². The predicted octanol–water partition coefficient (Wildman–Crippen LogP) is 4.73. The lowest BCUT2D eigenvalue weighted by Crippen LogP contribution is -2.59. The van der Waals surface area contributed by atoms with Gasteiger partial charge in [-0.3, -0.25) is 24.1 Å². The molecule has 10 nitrogen and oxygen atoms in total. The molecule has 1 atom stereocenters. The number of likely N-dealkylation sites (tertiary alicyclic amines) is 1. The Labute approximate surface area is 249 Å². The van der Waals surface area contributed by atoms with Gasteiger partial charge in [-0.1, -0.05) is 59.7 Å². The summed E-state index contributed by atoms with van der Waals surface area (Å²) in [5, 5.41) is 3.99. The average molecular weight is 596 g/mol. The monoisotopic (exact) mass is 595 g/mol. The van der Waals surface area contributed by atoms with Gasteiger partial charge in [-0.2, -0.15) is 4.79 Å². The number of amides is 3. The van der Waals surface area contributed by atoms with Crippen LogP contribution in [0.5, 0.6) is 0 Å². The highest BCUT2D eigenvalue weighted by Crippen LogP contribution is 2.42. The van der Waals surface area contributed by atoms with Gasteiger partial charge < -0.3 is 19.8 Å². The molecule has 0 aliphatic carbocycles. The molecule has 2 heterocycles. The van der Waals surface area contributed by atoms with Crippen LogP contribution in [0.4, 0.5) is 0 Å². The number of benzene rings is 1. The van der Waals surface area contributed by atoms with Crippen LogP contribution in [0.1, 0.15) is 67.7 Å². The molecule has 0 bridgehead atoms. The van der Waals surface area contributed by atoms with Gasteiger partial charge in [0.1, 0.15) is 5.41 Å². The fourth-order valence-electron chi connectivity index (χ4n) is 6.86. The van der Waals surface area contributed by atoms with E-state index >= 15 is 0 Å². The van der Waals surface area contributed by atoms with Crippen molar-refractivity contribution in [1.82, 2.24) is 14.8 Å². The van der Waals surface area contributed by atoms with Crippen molar-refractivity contribution in [3.05, 3.63) is 42.1 Å². The van der Waals surface area contributed by atoms with Crippen molar-refractivity contribution in [1.29, 1.82) is 0 Å². The Kier molecular flexibility index (Phi) is 10.8. The summed E-state index contributed by atoms with van der Waals surface area (Å²) in [6.07, 6.45) is 2.68. The molecule has 1 N–H and O–H groups in total. The molecular formula is C31H45N5O5Si. The molecule has 1 aliphatic rings. The first-order valence-electron chi connectivity index (χ1n) is 14.9. The first kappa shape index (κ1) is 33.1. The van der Waals surface area contributed by atoms with Crippen molar-refractivity contribution >= 4 is 48.4 Å². The van der Waals surface area contributed by atoms with E-state index < -0.39 is 42.9 Å². The van der Waals surface area contributed by atoms with Crippen LogP contribution >= 0.6 is 0 Å². The zero-order valence-corrected chi connectivity index (χ0v) is 27.0. The maximum atomic E-state index is 14.0. The van der Waals surface area contributed by atoms with Crippen molar-refractivity contribution in [2.75, 3.05) is 19.7 Å². The number of carbonyl (C=O) groups is 4. The Morgan fingerprint density at radius 2 is 1.71 bits per heavy atom. The smallest absolute Gasteiger partial charge is 0.414 e. The van der Waals surface area contributed by atoms with Crippen LogP contribution in [0, 0.1) is 5.41 Å². The maximum absolute atomic E-state index is 14.0. The van der Waals surface area contributed by atoms with E-state index in [0.717, 1.165) is 22.7 Å². The Morgan fingerprint density at radius 3 is 2.31 bits per heavy atom. The summed E-state index contributed by atoms with van der Waals surface area (Å²) in [5.41, 5.74) is 9.15. The van der Waals surface area contributed by atoms with E-state index in [2.05, 4.69) is 51.6 Å². The average Bonchev–Trinajstić information content (AvgIpc) is 3.35. The van der Waals surface area contributed by atoms with Gasteiger partial charge in [0, 0.05) is 38.3 Å². The van der Waals surface area contributed by atoms with Gasteiger partial charge in [-0.25, -0.2) is 0 Å². The molecule has 1 aliphatic heterocycles. The van der Waals surface area contributed by atoms with E-state index in [9.17, 15) is 24.7 Å². The Bertz CT molecular complexity index is 1350.